The van der Waals surface area contributed by atoms with Crippen molar-refractivity contribution in [2.24, 2.45) is 0 Å². The summed E-state index contributed by atoms with van der Waals surface area (Å²) >= 11 is 0. The van der Waals surface area contributed by atoms with Gasteiger partial charge in [0.1, 0.15) is 0 Å². The normalized spacial score (nSPS) is 15.0. The van der Waals surface area contributed by atoms with Crippen molar-refractivity contribution in [1.82, 2.24) is 4.90 Å². The molecular weight excluding hydrogens is 438 g/mol. The second kappa shape index (κ2) is 10.0. The molecule has 2 aromatic carbocycles. The number of benzene rings is 2. The number of anilines is 2. The van der Waals surface area contributed by atoms with Crippen LogP contribution < -0.4 is 10.2 Å². The first-order valence-corrected chi connectivity index (χ1v) is 11.2. The second-order valence-corrected chi connectivity index (χ2v) is 8.24. The highest BCUT2D eigenvalue weighted by molar-refractivity contribution is 6.22. The van der Waals surface area contributed by atoms with Gasteiger partial charge in [-0.05, 0) is 55.7 Å². The van der Waals surface area contributed by atoms with Gasteiger partial charge in [0, 0.05) is 38.9 Å². The van der Waals surface area contributed by atoms with Crippen LogP contribution in [-0.2, 0) is 9.47 Å². The van der Waals surface area contributed by atoms with Crippen molar-refractivity contribution in [2.45, 2.75) is 19.3 Å². The van der Waals surface area contributed by atoms with E-state index in [1.54, 1.807) is 25.3 Å². The lowest BCUT2D eigenvalue weighted by atomic mass is 10.0. The van der Waals surface area contributed by atoms with Gasteiger partial charge in [0.2, 0.25) is 0 Å². The van der Waals surface area contributed by atoms with Crippen LogP contribution in [0.15, 0.2) is 36.4 Å². The number of ether oxygens (including phenoxy) is 2. The fourth-order valence-corrected chi connectivity index (χ4v) is 4.31. The van der Waals surface area contributed by atoms with Gasteiger partial charge in [-0.25, -0.2) is 4.79 Å². The molecule has 0 atom stereocenters. The predicted octanol–water partition coefficient (Wildman–Crippen LogP) is 2.96. The number of amides is 3. The molecule has 3 amide bonds. The molecule has 9 heteroatoms. The van der Waals surface area contributed by atoms with Crippen LogP contribution >= 0.6 is 0 Å². The molecule has 0 aromatic heterocycles. The van der Waals surface area contributed by atoms with Crippen LogP contribution in [0, 0.1) is 0 Å². The predicted molar refractivity (Wildman–Crippen MR) is 125 cm³/mol. The van der Waals surface area contributed by atoms with Gasteiger partial charge in [-0.1, -0.05) is 0 Å². The molecule has 178 valence electrons. The van der Waals surface area contributed by atoms with E-state index < -0.39 is 17.8 Å². The van der Waals surface area contributed by atoms with E-state index in [2.05, 4.69) is 10.2 Å². The van der Waals surface area contributed by atoms with Gasteiger partial charge >= 0.3 is 5.97 Å². The number of carbonyl (C=O) groups is 4. The van der Waals surface area contributed by atoms with E-state index in [9.17, 15) is 19.2 Å². The summed E-state index contributed by atoms with van der Waals surface area (Å²) in [5.74, 6) is -1.73. The van der Waals surface area contributed by atoms with Crippen molar-refractivity contribution in [3.8, 4) is 0 Å². The van der Waals surface area contributed by atoms with Crippen molar-refractivity contribution in [1.29, 1.82) is 0 Å². The molecule has 2 aliphatic heterocycles. The van der Waals surface area contributed by atoms with E-state index in [0.717, 1.165) is 31.6 Å². The van der Waals surface area contributed by atoms with Crippen LogP contribution in [0.4, 0.5) is 11.4 Å². The third-order valence-corrected chi connectivity index (χ3v) is 6.08. The maximum Gasteiger partial charge on any atom is 0.337 e. The number of carbonyl (C=O) groups excluding carboxylic acids is 4. The van der Waals surface area contributed by atoms with E-state index in [1.165, 1.54) is 30.2 Å². The third kappa shape index (κ3) is 4.51. The minimum Gasteiger partial charge on any atom is -0.465 e. The monoisotopic (exact) mass is 465 g/mol. The average molecular weight is 466 g/mol. The molecule has 0 saturated carbocycles. The Labute approximate surface area is 197 Å². The first-order chi connectivity index (χ1) is 16.4. The zero-order valence-corrected chi connectivity index (χ0v) is 19.3. The SMILES string of the molecule is COCCCN1C(=O)c2ccc(C(=O)Nc3cc(C(=O)OC)ccc3N3CCCC3)cc2C1=O. The van der Waals surface area contributed by atoms with E-state index in [1.807, 2.05) is 0 Å². The Kier molecular flexibility index (Phi) is 6.93. The molecule has 1 fully saturated rings. The molecule has 0 radical (unpaired) electrons. The highest BCUT2D eigenvalue weighted by Gasteiger charge is 2.35. The molecule has 1 N–H and O–H groups in total. The summed E-state index contributed by atoms with van der Waals surface area (Å²) in [4.78, 5) is 53.9. The number of rotatable bonds is 8. The molecule has 2 aliphatic rings. The lowest BCUT2D eigenvalue weighted by Crippen LogP contribution is -2.31. The van der Waals surface area contributed by atoms with Crippen molar-refractivity contribution in [3.05, 3.63) is 58.7 Å². The Morgan fingerprint density at radius 1 is 0.941 bits per heavy atom. The zero-order valence-electron chi connectivity index (χ0n) is 19.3. The van der Waals surface area contributed by atoms with Crippen LogP contribution in [0.3, 0.4) is 0 Å². The molecule has 0 bridgehead atoms. The summed E-state index contributed by atoms with van der Waals surface area (Å²) < 4.78 is 9.82. The number of methoxy groups -OCH3 is 2. The Bertz CT molecular complexity index is 1140. The van der Waals surface area contributed by atoms with Gasteiger partial charge < -0.3 is 19.7 Å². The van der Waals surface area contributed by atoms with Crippen molar-refractivity contribution in [3.63, 3.8) is 0 Å². The zero-order chi connectivity index (χ0) is 24.2. The van der Waals surface area contributed by atoms with Gasteiger partial charge in [-0.3, -0.25) is 19.3 Å². The lowest BCUT2D eigenvalue weighted by Gasteiger charge is -2.22. The Balaban J connectivity index is 1.59. The van der Waals surface area contributed by atoms with E-state index >= 15 is 0 Å². The second-order valence-electron chi connectivity index (χ2n) is 8.24. The summed E-state index contributed by atoms with van der Waals surface area (Å²) in [5, 5.41) is 2.88. The highest BCUT2D eigenvalue weighted by atomic mass is 16.5. The number of nitrogens with one attached hydrogen (secondary N) is 1. The van der Waals surface area contributed by atoms with Gasteiger partial charge in [-0.15, -0.1) is 0 Å². The van der Waals surface area contributed by atoms with Crippen molar-refractivity contribution < 1.29 is 28.7 Å². The molecule has 2 aromatic rings. The van der Waals surface area contributed by atoms with Crippen molar-refractivity contribution in [2.75, 3.05) is 50.7 Å². The Morgan fingerprint density at radius 2 is 1.65 bits per heavy atom. The molecule has 9 nitrogen and oxygen atoms in total. The summed E-state index contributed by atoms with van der Waals surface area (Å²) in [7, 11) is 2.86. The van der Waals surface area contributed by atoms with Crippen LogP contribution in [0.25, 0.3) is 0 Å². The van der Waals surface area contributed by atoms with Crippen molar-refractivity contribution >= 4 is 35.1 Å². The Morgan fingerprint density at radius 3 is 2.35 bits per heavy atom. The van der Waals surface area contributed by atoms with Crippen LogP contribution in [0.1, 0.15) is 60.7 Å². The molecule has 2 heterocycles. The minimum absolute atomic E-state index is 0.207. The highest BCUT2D eigenvalue weighted by Crippen LogP contribution is 2.31. The summed E-state index contributed by atoms with van der Waals surface area (Å²) in [6, 6.07) is 9.55. The summed E-state index contributed by atoms with van der Waals surface area (Å²) in [6.45, 7) is 2.40. The van der Waals surface area contributed by atoms with Gasteiger partial charge in [0.05, 0.1) is 35.2 Å². The quantitative estimate of drug-likeness (QED) is 0.363. The molecule has 0 unspecified atom stereocenters. The number of esters is 1. The molecule has 34 heavy (non-hydrogen) atoms. The summed E-state index contributed by atoms with van der Waals surface area (Å²) in [6.07, 6.45) is 2.63. The first kappa shape index (κ1) is 23.4. The van der Waals surface area contributed by atoms with Crippen LogP contribution in [0.5, 0.6) is 0 Å². The topological polar surface area (TPSA) is 105 Å². The fourth-order valence-electron chi connectivity index (χ4n) is 4.31. The molecular formula is C25H27N3O6. The molecule has 4 rings (SSSR count). The minimum atomic E-state index is -0.501. The smallest absolute Gasteiger partial charge is 0.337 e. The van der Waals surface area contributed by atoms with Gasteiger partial charge in [0.25, 0.3) is 17.7 Å². The number of nitrogens with zero attached hydrogens (tertiary/aromatic N) is 2. The standard InChI is InChI=1S/C25H27N3O6/c1-33-13-5-12-28-23(30)18-8-6-16(14-19(18)24(28)31)22(29)26-20-15-17(25(32)34-2)7-9-21(20)27-10-3-4-11-27/h6-9,14-15H,3-5,10-13H2,1-2H3,(H,26,29). The number of hydrogen-bond donors (Lipinski definition) is 1. The maximum atomic E-state index is 13.1. The number of imide groups is 1. The van der Waals surface area contributed by atoms with E-state index in [0.29, 0.717) is 24.3 Å². The Hall–Kier alpha value is -3.72. The van der Waals surface area contributed by atoms with E-state index in [-0.39, 0.29) is 29.1 Å². The lowest BCUT2D eigenvalue weighted by molar-refractivity contribution is 0.0597. The number of hydrogen-bond acceptors (Lipinski definition) is 7. The van der Waals surface area contributed by atoms with Gasteiger partial charge in [-0.2, -0.15) is 0 Å². The van der Waals surface area contributed by atoms with Gasteiger partial charge in [0.15, 0.2) is 0 Å². The third-order valence-electron chi connectivity index (χ3n) is 6.08. The molecule has 1 saturated heterocycles. The van der Waals surface area contributed by atoms with E-state index in [4.69, 9.17) is 9.47 Å². The average Bonchev–Trinajstić information content (AvgIpc) is 3.46. The maximum absolute atomic E-state index is 13.1. The fraction of sp³-hybridized carbons (Fsp3) is 0.360. The number of fused-ring (bicyclic) bond motifs is 1. The molecule has 0 spiro atoms. The van der Waals surface area contributed by atoms with Crippen LogP contribution in [-0.4, -0.2) is 69.1 Å². The van der Waals surface area contributed by atoms with Crippen LogP contribution in [0.2, 0.25) is 0 Å². The summed E-state index contributed by atoms with van der Waals surface area (Å²) in [5.41, 5.74) is 2.35. The first-order valence-electron chi connectivity index (χ1n) is 11.2. The molecule has 0 aliphatic carbocycles. The largest absolute Gasteiger partial charge is 0.465 e.